The molecule has 1 aromatic rings. The molecule has 0 aliphatic carbocycles. The van der Waals surface area contributed by atoms with Crippen LogP contribution in [-0.4, -0.2) is 18.9 Å². The molecule has 0 saturated heterocycles. The monoisotopic (exact) mass is 248 g/mol. The maximum Gasteiger partial charge on any atom is 0.271 e. The van der Waals surface area contributed by atoms with Gasteiger partial charge in [0.25, 0.3) is 5.91 Å². The molecule has 0 unspecified atom stereocenters. The van der Waals surface area contributed by atoms with Crippen LogP contribution in [-0.2, 0) is 20.9 Å². The maximum absolute atomic E-state index is 11.8. The Labute approximate surface area is 106 Å². The summed E-state index contributed by atoms with van der Waals surface area (Å²) in [6.45, 7) is 1.72. The Morgan fingerprint density at radius 1 is 1.28 bits per heavy atom. The minimum atomic E-state index is -0.393. The van der Waals surface area contributed by atoms with Crippen molar-refractivity contribution >= 4 is 11.8 Å². The summed E-state index contributed by atoms with van der Waals surface area (Å²) < 4.78 is 4.74. The molecule has 1 rings (SSSR count). The van der Waals surface area contributed by atoms with Crippen LogP contribution >= 0.6 is 0 Å². The highest BCUT2D eigenvalue weighted by Gasteiger charge is 2.10. The summed E-state index contributed by atoms with van der Waals surface area (Å²) in [4.78, 5) is 22.7. The molecule has 5 nitrogen and oxygen atoms in total. The zero-order chi connectivity index (χ0) is 13.4. The Bertz CT molecular complexity index is 441. The van der Waals surface area contributed by atoms with Gasteiger partial charge in [-0.3, -0.25) is 9.59 Å². The van der Waals surface area contributed by atoms with Gasteiger partial charge in [-0.15, -0.1) is 0 Å². The lowest BCUT2D eigenvalue weighted by atomic mass is 10.2. The molecule has 0 aromatic heterocycles. The van der Waals surface area contributed by atoms with Gasteiger partial charge in [0.05, 0.1) is 7.11 Å². The van der Waals surface area contributed by atoms with E-state index in [0.717, 1.165) is 5.56 Å². The summed E-state index contributed by atoms with van der Waals surface area (Å²) in [5, 5.41) is 5.09. The number of benzene rings is 1. The third-order valence-electron chi connectivity index (χ3n) is 2.09. The highest BCUT2D eigenvalue weighted by atomic mass is 16.5. The number of rotatable bonds is 5. The molecule has 96 valence electrons. The normalized spacial score (nSPS) is 10.7. The summed E-state index contributed by atoms with van der Waals surface area (Å²) in [5.74, 6) is -0.718. The van der Waals surface area contributed by atoms with E-state index in [-0.39, 0.29) is 11.6 Å². The molecular weight excluding hydrogens is 232 g/mol. The molecule has 1 aromatic carbocycles. The van der Waals surface area contributed by atoms with Crippen molar-refractivity contribution in [2.24, 2.45) is 0 Å². The van der Waals surface area contributed by atoms with E-state index in [1.54, 1.807) is 0 Å². The SMILES string of the molecule is CO/C=C(/NC(C)=O)C(=O)NCc1ccccc1. The van der Waals surface area contributed by atoms with Gasteiger partial charge in [0.1, 0.15) is 12.0 Å². The number of carbonyl (C=O) groups is 2. The summed E-state index contributed by atoms with van der Waals surface area (Å²) in [7, 11) is 1.41. The number of nitrogens with one attached hydrogen (secondary N) is 2. The lowest BCUT2D eigenvalue weighted by Gasteiger charge is -2.09. The number of methoxy groups -OCH3 is 1. The fourth-order valence-corrected chi connectivity index (χ4v) is 1.32. The Hall–Kier alpha value is -2.30. The van der Waals surface area contributed by atoms with Gasteiger partial charge in [-0.05, 0) is 5.56 Å². The zero-order valence-electron chi connectivity index (χ0n) is 10.4. The minimum Gasteiger partial charge on any atom is -0.502 e. The molecular formula is C13H16N2O3. The number of ether oxygens (including phenoxy) is 1. The molecule has 0 atom stereocenters. The van der Waals surface area contributed by atoms with Gasteiger partial charge >= 0.3 is 0 Å². The summed E-state index contributed by atoms with van der Waals surface area (Å²) in [5.41, 5.74) is 1.06. The average Bonchev–Trinajstić information content (AvgIpc) is 2.36. The van der Waals surface area contributed by atoms with Crippen molar-refractivity contribution in [3.63, 3.8) is 0 Å². The van der Waals surface area contributed by atoms with Crippen LogP contribution in [0.25, 0.3) is 0 Å². The van der Waals surface area contributed by atoms with E-state index in [0.29, 0.717) is 6.54 Å². The first kappa shape index (κ1) is 13.8. The van der Waals surface area contributed by atoms with Gasteiger partial charge in [-0.25, -0.2) is 0 Å². The number of hydrogen-bond donors (Lipinski definition) is 2. The molecule has 0 heterocycles. The van der Waals surface area contributed by atoms with E-state index < -0.39 is 5.91 Å². The van der Waals surface area contributed by atoms with Crippen LogP contribution in [0.4, 0.5) is 0 Å². The fraction of sp³-hybridized carbons (Fsp3) is 0.231. The van der Waals surface area contributed by atoms with E-state index in [4.69, 9.17) is 4.74 Å². The zero-order valence-corrected chi connectivity index (χ0v) is 10.4. The lowest BCUT2D eigenvalue weighted by molar-refractivity contribution is -0.122. The predicted octanol–water partition coefficient (Wildman–Crippen LogP) is 0.927. The minimum absolute atomic E-state index is 0.0842. The number of hydrogen-bond acceptors (Lipinski definition) is 3. The van der Waals surface area contributed by atoms with Crippen LogP contribution < -0.4 is 10.6 Å². The first-order valence-corrected chi connectivity index (χ1v) is 5.46. The summed E-state index contributed by atoms with van der Waals surface area (Å²) in [6, 6.07) is 9.48. The van der Waals surface area contributed by atoms with Crippen molar-refractivity contribution in [1.82, 2.24) is 10.6 Å². The Balaban J connectivity index is 2.57. The van der Waals surface area contributed by atoms with E-state index in [2.05, 4.69) is 10.6 Å². The van der Waals surface area contributed by atoms with Gasteiger partial charge in [0.2, 0.25) is 5.91 Å². The van der Waals surface area contributed by atoms with E-state index in [1.807, 2.05) is 30.3 Å². The smallest absolute Gasteiger partial charge is 0.271 e. The van der Waals surface area contributed by atoms with Crippen LogP contribution in [0.2, 0.25) is 0 Å². The number of carbonyl (C=O) groups excluding carboxylic acids is 2. The quantitative estimate of drug-likeness (QED) is 0.601. The molecule has 18 heavy (non-hydrogen) atoms. The second kappa shape index (κ2) is 7.11. The fourth-order valence-electron chi connectivity index (χ4n) is 1.32. The molecule has 5 heteroatoms. The van der Waals surface area contributed by atoms with Crippen molar-refractivity contribution in [2.75, 3.05) is 7.11 Å². The standard InChI is InChI=1S/C13H16N2O3/c1-10(16)15-12(9-18-2)13(17)14-8-11-6-4-3-5-7-11/h3-7,9H,8H2,1-2H3,(H,14,17)(H,15,16)/b12-9+. The van der Waals surface area contributed by atoms with Crippen LogP contribution in [0.15, 0.2) is 42.3 Å². The van der Waals surface area contributed by atoms with E-state index in [9.17, 15) is 9.59 Å². The molecule has 2 N–H and O–H groups in total. The summed E-state index contributed by atoms with van der Waals surface area (Å²) in [6.07, 6.45) is 1.20. The van der Waals surface area contributed by atoms with Crippen molar-refractivity contribution in [3.05, 3.63) is 47.9 Å². The summed E-state index contributed by atoms with van der Waals surface area (Å²) >= 11 is 0. The average molecular weight is 248 g/mol. The second-order valence-corrected chi connectivity index (χ2v) is 3.62. The van der Waals surface area contributed by atoms with Crippen molar-refractivity contribution < 1.29 is 14.3 Å². The van der Waals surface area contributed by atoms with Gasteiger partial charge in [-0.2, -0.15) is 0 Å². The third-order valence-corrected chi connectivity index (χ3v) is 2.09. The Morgan fingerprint density at radius 2 is 1.94 bits per heavy atom. The van der Waals surface area contributed by atoms with Crippen molar-refractivity contribution in [2.45, 2.75) is 13.5 Å². The highest BCUT2D eigenvalue weighted by molar-refractivity contribution is 5.96. The van der Waals surface area contributed by atoms with Gasteiger partial charge < -0.3 is 15.4 Å². The number of amides is 2. The molecule has 0 radical (unpaired) electrons. The van der Waals surface area contributed by atoms with Crippen LogP contribution in [0.5, 0.6) is 0 Å². The van der Waals surface area contributed by atoms with Crippen LogP contribution in [0, 0.1) is 0 Å². The molecule has 0 spiro atoms. The van der Waals surface area contributed by atoms with E-state index >= 15 is 0 Å². The van der Waals surface area contributed by atoms with Gasteiger partial charge in [0.15, 0.2) is 0 Å². The second-order valence-electron chi connectivity index (χ2n) is 3.62. The van der Waals surface area contributed by atoms with Crippen molar-refractivity contribution in [1.29, 1.82) is 0 Å². The molecule has 0 saturated carbocycles. The molecule has 0 bridgehead atoms. The third kappa shape index (κ3) is 4.69. The van der Waals surface area contributed by atoms with E-state index in [1.165, 1.54) is 20.3 Å². The van der Waals surface area contributed by atoms with Gasteiger partial charge in [-0.1, -0.05) is 30.3 Å². The molecule has 2 amide bonds. The maximum atomic E-state index is 11.8. The molecule has 0 aliphatic heterocycles. The predicted molar refractivity (Wildman–Crippen MR) is 67.2 cm³/mol. The Kier molecular flexibility index (Phi) is 5.44. The first-order valence-electron chi connectivity index (χ1n) is 5.46. The van der Waals surface area contributed by atoms with Gasteiger partial charge in [0, 0.05) is 13.5 Å². The lowest BCUT2D eigenvalue weighted by Crippen LogP contribution is -2.33. The topological polar surface area (TPSA) is 67.4 Å². The first-order chi connectivity index (χ1) is 8.63. The van der Waals surface area contributed by atoms with Crippen LogP contribution in [0.3, 0.4) is 0 Å². The highest BCUT2D eigenvalue weighted by Crippen LogP contribution is 1.98. The Morgan fingerprint density at radius 3 is 2.50 bits per heavy atom. The van der Waals surface area contributed by atoms with Crippen molar-refractivity contribution in [3.8, 4) is 0 Å². The van der Waals surface area contributed by atoms with Crippen LogP contribution in [0.1, 0.15) is 12.5 Å². The largest absolute Gasteiger partial charge is 0.502 e. The molecule has 0 aliphatic rings. The molecule has 0 fully saturated rings.